The molecule has 1 aromatic heterocycles. The van der Waals surface area contributed by atoms with Crippen molar-refractivity contribution in [2.75, 3.05) is 12.3 Å². The number of anilines is 1. The summed E-state index contributed by atoms with van der Waals surface area (Å²) in [7, 11) is 0. The Hall–Kier alpha value is -2.04. The summed E-state index contributed by atoms with van der Waals surface area (Å²) in [5, 5.41) is 0. The summed E-state index contributed by atoms with van der Waals surface area (Å²) < 4.78 is 6.91. The van der Waals surface area contributed by atoms with Crippen LogP contribution in [0, 0.1) is 0 Å². The van der Waals surface area contributed by atoms with E-state index in [9.17, 15) is 4.79 Å². The number of rotatable bonds is 4. The minimum atomic E-state index is -0.224. The third-order valence-electron chi connectivity index (χ3n) is 2.95. The molecule has 5 nitrogen and oxygen atoms in total. The van der Waals surface area contributed by atoms with E-state index in [0.717, 1.165) is 16.6 Å². The van der Waals surface area contributed by atoms with Crippen molar-refractivity contribution >= 4 is 23.0 Å². The van der Waals surface area contributed by atoms with Gasteiger partial charge in [0.2, 0.25) is 5.95 Å². The number of benzene rings is 1. The van der Waals surface area contributed by atoms with Crippen LogP contribution in [0.25, 0.3) is 11.0 Å². The molecule has 5 heteroatoms. The van der Waals surface area contributed by atoms with E-state index < -0.39 is 0 Å². The highest BCUT2D eigenvalue weighted by molar-refractivity contribution is 5.81. The molecule has 0 radical (unpaired) electrons. The number of hydrogen-bond acceptors (Lipinski definition) is 4. The molecule has 0 aliphatic carbocycles. The van der Waals surface area contributed by atoms with Crippen molar-refractivity contribution in [3.05, 3.63) is 23.8 Å². The molecule has 2 rings (SSSR count). The third kappa shape index (κ3) is 2.70. The highest BCUT2D eigenvalue weighted by Crippen LogP contribution is 2.23. The van der Waals surface area contributed by atoms with E-state index in [1.54, 1.807) is 6.92 Å². The molecule has 0 fully saturated rings. The van der Waals surface area contributed by atoms with Crippen LogP contribution < -0.4 is 5.73 Å². The van der Waals surface area contributed by atoms with Gasteiger partial charge in [-0.2, -0.15) is 0 Å². The summed E-state index contributed by atoms with van der Waals surface area (Å²) in [5.74, 6) is 0.274. The molecule has 0 unspecified atom stereocenters. The lowest BCUT2D eigenvalue weighted by atomic mass is 10.1. The number of imidazole rings is 1. The fourth-order valence-corrected chi connectivity index (χ4v) is 2.19. The van der Waals surface area contributed by atoms with Gasteiger partial charge in [0.25, 0.3) is 0 Å². The maximum absolute atomic E-state index is 11.5. The molecule has 0 atom stereocenters. The van der Waals surface area contributed by atoms with Crippen molar-refractivity contribution in [1.82, 2.24) is 9.55 Å². The number of nitrogens with two attached hydrogens (primary N) is 1. The molecule has 0 spiro atoms. The van der Waals surface area contributed by atoms with Crippen LogP contribution >= 0.6 is 0 Å². The van der Waals surface area contributed by atoms with Gasteiger partial charge in [-0.3, -0.25) is 4.79 Å². The van der Waals surface area contributed by atoms with Crippen molar-refractivity contribution in [3.8, 4) is 0 Å². The summed E-state index contributed by atoms with van der Waals surface area (Å²) in [6.07, 6.45) is 0.262. The smallest absolute Gasteiger partial charge is 0.310 e. The number of carbonyl (C=O) groups excluding carboxylic acids is 1. The first-order chi connectivity index (χ1) is 9.02. The monoisotopic (exact) mass is 261 g/mol. The van der Waals surface area contributed by atoms with E-state index in [1.165, 1.54) is 0 Å². The fourth-order valence-electron chi connectivity index (χ4n) is 2.19. The van der Waals surface area contributed by atoms with Crippen molar-refractivity contribution < 1.29 is 9.53 Å². The van der Waals surface area contributed by atoms with Gasteiger partial charge in [-0.1, -0.05) is 6.07 Å². The van der Waals surface area contributed by atoms with Crippen LogP contribution in [-0.4, -0.2) is 22.1 Å². The van der Waals surface area contributed by atoms with Gasteiger partial charge in [-0.05, 0) is 38.5 Å². The Morgan fingerprint density at radius 3 is 2.84 bits per heavy atom. The lowest BCUT2D eigenvalue weighted by molar-refractivity contribution is -0.142. The van der Waals surface area contributed by atoms with Crippen LogP contribution in [0.1, 0.15) is 32.4 Å². The van der Waals surface area contributed by atoms with Gasteiger partial charge >= 0.3 is 5.97 Å². The zero-order chi connectivity index (χ0) is 14.0. The topological polar surface area (TPSA) is 70.1 Å². The molecule has 0 saturated carbocycles. The van der Waals surface area contributed by atoms with E-state index in [2.05, 4.69) is 18.8 Å². The van der Waals surface area contributed by atoms with Gasteiger partial charge in [0.15, 0.2) is 0 Å². The Bertz CT molecular complexity index is 602. The first-order valence-corrected chi connectivity index (χ1v) is 6.45. The van der Waals surface area contributed by atoms with Crippen LogP contribution in [0.5, 0.6) is 0 Å². The number of nitrogen functional groups attached to an aromatic ring is 1. The molecule has 1 aromatic carbocycles. The average Bonchev–Trinajstić information content (AvgIpc) is 2.64. The molecule has 0 saturated heterocycles. The molecule has 0 aliphatic heterocycles. The number of fused-ring (bicyclic) bond motifs is 1. The van der Waals surface area contributed by atoms with Crippen molar-refractivity contribution in [2.45, 2.75) is 33.2 Å². The van der Waals surface area contributed by atoms with Crippen LogP contribution in [0.15, 0.2) is 18.2 Å². The van der Waals surface area contributed by atoms with Crippen molar-refractivity contribution in [1.29, 1.82) is 0 Å². The molecule has 19 heavy (non-hydrogen) atoms. The van der Waals surface area contributed by atoms with Crippen LogP contribution in [0.4, 0.5) is 5.95 Å². The van der Waals surface area contributed by atoms with E-state index >= 15 is 0 Å². The largest absolute Gasteiger partial charge is 0.466 e. The predicted octanol–water partition coefficient (Wildman–Crippen LogP) is 2.31. The van der Waals surface area contributed by atoms with Gasteiger partial charge in [-0.15, -0.1) is 0 Å². The zero-order valence-electron chi connectivity index (χ0n) is 11.5. The summed E-state index contributed by atoms with van der Waals surface area (Å²) >= 11 is 0. The van der Waals surface area contributed by atoms with E-state index in [0.29, 0.717) is 12.6 Å². The number of carbonyl (C=O) groups is 1. The Kier molecular flexibility index (Phi) is 3.74. The standard InChI is InChI=1S/C14H19N3O2/c1-4-19-13(18)8-10-5-6-12-11(7-10)16-14(15)17(12)9(2)3/h5-7,9H,4,8H2,1-3H3,(H2,15,16). The van der Waals surface area contributed by atoms with Gasteiger partial charge < -0.3 is 15.0 Å². The maximum Gasteiger partial charge on any atom is 0.310 e. The minimum absolute atomic E-state index is 0.224. The first-order valence-electron chi connectivity index (χ1n) is 6.45. The van der Waals surface area contributed by atoms with Crippen molar-refractivity contribution in [2.24, 2.45) is 0 Å². The average molecular weight is 261 g/mol. The van der Waals surface area contributed by atoms with Gasteiger partial charge in [-0.25, -0.2) is 4.98 Å². The predicted molar refractivity (Wildman–Crippen MR) is 74.9 cm³/mol. The molecule has 102 valence electrons. The highest BCUT2D eigenvalue weighted by Gasteiger charge is 2.12. The van der Waals surface area contributed by atoms with Crippen molar-refractivity contribution in [3.63, 3.8) is 0 Å². The maximum atomic E-state index is 11.5. The lowest BCUT2D eigenvalue weighted by Gasteiger charge is -2.10. The molecular weight excluding hydrogens is 242 g/mol. The Morgan fingerprint density at radius 1 is 1.47 bits per heavy atom. The van der Waals surface area contributed by atoms with Crippen LogP contribution in [0.3, 0.4) is 0 Å². The molecule has 2 N–H and O–H groups in total. The SMILES string of the molecule is CCOC(=O)Cc1ccc2c(c1)nc(N)n2C(C)C. The molecular formula is C14H19N3O2. The zero-order valence-corrected chi connectivity index (χ0v) is 11.5. The minimum Gasteiger partial charge on any atom is -0.466 e. The van der Waals surface area contributed by atoms with Gasteiger partial charge in [0.1, 0.15) is 0 Å². The fraction of sp³-hybridized carbons (Fsp3) is 0.429. The van der Waals surface area contributed by atoms with Gasteiger partial charge in [0.05, 0.1) is 24.1 Å². The second-order valence-corrected chi connectivity index (χ2v) is 4.74. The molecule has 0 aliphatic rings. The summed E-state index contributed by atoms with van der Waals surface area (Å²) in [6.45, 7) is 6.32. The number of aromatic nitrogens is 2. The second kappa shape index (κ2) is 5.30. The molecule has 0 bridgehead atoms. The normalized spacial score (nSPS) is 11.2. The number of esters is 1. The summed E-state index contributed by atoms with van der Waals surface area (Å²) in [5.41, 5.74) is 8.60. The quantitative estimate of drug-likeness (QED) is 0.857. The van der Waals surface area contributed by atoms with E-state index in [-0.39, 0.29) is 18.4 Å². The molecule has 0 amide bonds. The summed E-state index contributed by atoms with van der Waals surface area (Å²) in [4.78, 5) is 15.8. The third-order valence-corrected chi connectivity index (χ3v) is 2.95. The van der Waals surface area contributed by atoms with Crippen LogP contribution in [0.2, 0.25) is 0 Å². The molecule has 2 aromatic rings. The number of ether oxygens (including phenoxy) is 1. The van der Waals surface area contributed by atoms with Crippen LogP contribution in [-0.2, 0) is 16.0 Å². The molecule has 1 heterocycles. The lowest BCUT2D eigenvalue weighted by Crippen LogP contribution is -2.07. The van der Waals surface area contributed by atoms with E-state index in [1.807, 2.05) is 22.8 Å². The first kappa shape index (κ1) is 13.4. The number of hydrogen-bond donors (Lipinski definition) is 1. The number of nitrogens with zero attached hydrogens (tertiary/aromatic N) is 2. The highest BCUT2D eigenvalue weighted by atomic mass is 16.5. The van der Waals surface area contributed by atoms with E-state index in [4.69, 9.17) is 10.5 Å². The second-order valence-electron chi connectivity index (χ2n) is 4.74. The van der Waals surface area contributed by atoms with Gasteiger partial charge in [0, 0.05) is 6.04 Å². The Labute approximate surface area is 112 Å². The Morgan fingerprint density at radius 2 is 2.21 bits per heavy atom. The Balaban J connectivity index is 2.34. The summed E-state index contributed by atoms with van der Waals surface area (Å²) in [6, 6.07) is 6.01.